The molecule has 0 spiro atoms. The first kappa shape index (κ1) is 14.6. The summed E-state index contributed by atoms with van der Waals surface area (Å²) in [7, 11) is -1.93. The maximum absolute atomic E-state index is 11.9. The molecule has 2 aromatic rings. The van der Waals surface area contributed by atoms with Gasteiger partial charge < -0.3 is 9.67 Å². The van der Waals surface area contributed by atoms with Crippen LogP contribution in [0.2, 0.25) is 0 Å². The van der Waals surface area contributed by atoms with E-state index in [1.807, 2.05) is 0 Å². The molecule has 0 radical (unpaired) electrons. The second-order valence-corrected chi connectivity index (χ2v) is 7.01. The van der Waals surface area contributed by atoms with E-state index in [4.69, 9.17) is 5.11 Å². The molecule has 0 amide bonds. The molecule has 0 saturated carbocycles. The van der Waals surface area contributed by atoms with Gasteiger partial charge in [-0.2, -0.15) is 0 Å². The van der Waals surface area contributed by atoms with Gasteiger partial charge >= 0.3 is 5.97 Å². The van der Waals surface area contributed by atoms with Crippen LogP contribution in [0.25, 0.3) is 0 Å². The van der Waals surface area contributed by atoms with Crippen LogP contribution in [-0.4, -0.2) is 40.8 Å². The Morgan fingerprint density at radius 3 is 2.80 bits per heavy atom. The number of carboxylic acid groups (broad SMARTS) is 1. The Kier molecular flexibility index (Phi) is 4.16. The van der Waals surface area contributed by atoms with Gasteiger partial charge in [-0.05, 0) is 12.1 Å². The highest BCUT2D eigenvalue weighted by Crippen LogP contribution is 2.21. The molecule has 0 aliphatic rings. The van der Waals surface area contributed by atoms with E-state index in [9.17, 15) is 13.2 Å². The average Bonchev–Trinajstić information content (AvgIpc) is 2.99. The number of sulfonamides is 1. The lowest BCUT2D eigenvalue weighted by atomic mass is 10.4. The first-order valence-corrected chi connectivity index (χ1v) is 7.86. The fourth-order valence-electron chi connectivity index (χ4n) is 1.48. The van der Waals surface area contributed by atoms with E-state index in [1.54, 1.807) is 11.6 Å². The van der Waals surface area contributed by atoms with Crippen molar-refractivity contribution in [3.8, 4) is 0 Å². The van der Waals surface area contributed by atoms with Gasteiger partial charge in [0.1, 0.15) is 21.2 Å². The largest absolute Gasteiger partial charge is 0.477 e. The number of hydrogen-bond donors (Lipinski definition) is 2. The minimum Gasteiger partial charge on any atom is -0.477 e. The summed E-state index contributed by atoms with van der Waals surface area (Å²) >= 11 is 0.716. The minimum atomic E-state index is -3.69. The Morgan fingerprint density at radius 1 is 1.50 bits per heavy atom. The highest BCUT2D eigenvalue weighted by atomic mass is 32.2. The number of nitrogens with one attached hydrogen (secondary N) is 1. The van der Waals surface area contributed by atoms with Crippen LogP contribution in [0.5, 0.6) is 0 Å². The van der Waals surface area contributed by atoms with Crippen molar-refractivity contribution in [2.24, 2.45) is 7.05 Å². The fraction of sp³-hybridized carbons (Fsp3) is 0.300. The number of aromatic nitrogens is 3. The van der Waals surface area contributed by atoms with E-state index in [2.05, 4.69) is 14.9 Å². The Morgan fingerprint density at radius 2 is 2.25 bits per heavy atom. The molecule has 0 aromatic carbocycles. The Labute approximate surface area is 119 Å². The molecule has 0 aliphatic carbocycles. The fourth-order valence-corrected chi connectivity index (χ4v) is 3.70. The summed E-state index contributed by atoms with van der Waals surface area (Å²) in [5.41, 5.74) is 0. The van der Waals surface area contributed by atoms with Gasteiger partial charge in [-0.3, -0.25) is 0 Å². The molecule has 20 heavy (non-hydrogen) atoms. The van der Waals surface area contributed by atoms with E-state index in [-0.39, 0.29) is 15.6 Å². The van der Waals surface area contributed by atoms with E-state index in [0.29, 0.717) is 23.6 Å². The number of hydrogen-bond acceptors (Lipinski definition) is 6. The molecule has 0 atom stereocenters. The summed E-state index contributed by atoms with van der Waals surface area (Å²) in [4.78, 5) is 10.7. The van der Waals surface area contributed by atoms with Gasteiger partial charge in [0, 0.05) is 20.0 Å². The molecule has 2 aromatic heterocycles. The summed E-state index contributed by atoms with van der Waals surface area (Å²) in [5.74, 6) is -0.486. The smallest absolute Gasteiger partial charge is 0.345 e. The molecular formula is C10H12N4O4S2. The van der Waals surface area contributed by atoms with Crippen molar-refractivity contribution in [2.45, 2.75) is 10.6 Å². The van der Waals surface area contributed by atoms with Crippen molar-refractivity contribution in [1.82, 2.24) is 19.5 Å². The van der Waals surface area contributed by atoms with Crippen LogP contribution in [0.3, 0.4) is 0 Å². The van der Waals surface area contributed by atoms with Crippen molar-refractivity contribution in [3.05, 3.63) is 29.2 Å². The normalized spacial score (nSPS) is 11.7. The molecule has 8 nitrogen and oxygen atoms in total. The zero-order chi connectivity index (χ0) is 14.8. The van der Waals surface area contributed by atoms with Crippen LogP contribution in [0, 0.1) is 0 Å². The topological polar surface area (TPSA) is 114 Å². The van der Waals surface area contributed by atoms with Gasteiger partial charge in [-0.25, -0.2) is 17.9 Å². The third-order valence-electron chi connectivity index (χ3n) is 2.50. The van der Waals surface area contributed by atoms with Crippen LogP contribution < -0.4 is 4.72 Å². The number of carboxylic acids is 1. The summed E-state index contributed by atoms with van der Waals surface area (Å²) in [6.45, 7) is 0.162. The monoisotopic (exact) mass is 316 g/mol. The lowest BCUT2D eigenvalue weighted by Gasteiger charge is -2.04. The van der Waals surface area contributed by atoms with Crippen LogP contribution in [0.1, 0.15) is 15.5 Å². The van der Waals surface area contributed by atoms with Crippen molar-refractivity contribution in [3.63, 3.8) is 0 Å². The second-order valence-electron chi connectivity index (χ2n) is 3.93. The van der Waals surface area contributed by atoms with E-state index >= 15 is 0 Å². The predicted octanol–water partition coefficient (Wildman–Crippen LogP) is 0.0958. The Hall–Kier alpha value is -1.78. The Balaban J connectivity index is 2.00. The quantitative estimate of drug-likeness (QED) is 0.781. The summed E-state index contributed by atoms with van der Waals surface area (Å²) in [6.07, 6.45) is 1.93. The maximum atomic E-state index is 11.9. The number of carbonyl (C=O) groups is 1. The lowest BCUT2D eigenvalue weighted by molar-refractivity contribution is 0.0702. The zero-order valence-electron chi connectivity index (χ0n) is 10.5. The first-order valence-electron chi connectivity index (χ1n) is 5.56. The van der Waals surface area contributed by atoms with Crippen molar-refractivity contribution in [1.29, 1.82) is 0 Å². The number of aryl methyl sites for hydroxylation is 1. The van der Waals surface area contributed by atoms with Crippen molar-refractivity contribution in [2.75, 3.05) is 6.54 Å². The predicted molar refractivity (Wildman–Crippen MR) is 71.2 cm³/mol. The molecule has 0 fully saturated rings. The highest BCUT2D eigenvalue weighted by molar-refractivity contribution is 7.91. The lowest BCUT2D eigenvalue weighted by Crippen LogP contribution is -2.26. The molecule has 0 aliphatic heterocycles. The van der Waals surface area contributed by atoms with Crippen molar-refractivity contribution < 1.29 is 18.3 Å². The summed E-state index contributed by atoms with van der Waals surface area (Å²) < 4.78 is 28.0. The first-order chi connectivity index (χ1) is 9.40. The van der Waals surface area contributed by atoms with Gasteiger partial charge in [0.05, 0.1) is 0 Å². The SMILES string of the molecule is Cn1cnnc1CCNS(=O)(=O)c1ccc(C(=O)O)s1. The zero-order valence-corrected chi connectivity index (χ0v) is 12.1. The maximum Gasteiger partial charge on any atom is 0.345 e. The van der Waals surface area contributed by atoms with Crippen LogP contribution in [0.4, 0.5) is 0 Å². The van der Waals surface area contributed by atoms with Gasteiger partial charge in [-0.15, -0.1) is 21.5 Å². The van der Waals surface area contributed by atoms with E-state index < -0.39 is 16.0 Å². The Bertz CT molecular complexity index is 719. The van der Waals surface area contributed by atoms with Crippen LogP contribution in [-0.2, 0) is 23.5 Å². The molecular weight excluding hydrogens is 304 g/mol. The number of rotatable bonds is 6. The third kappa shape index (κ3) is 3.21. The molecule has 108 valence electrons. The highest BCUT2D eigenvalue weighted by Gasteiger charge is 2.18. The van der Waals surface area contributed by atoms with Crippen molar-refractivity contribution >= 4 is 27.3 Å². The molecule has 2 heterocycles. The van der Waals surface area contributed by atoms with Gasteiger partial charge in [0.25, 0.3) is 0 Å². The van der Waals surface area contributed by atoms with Crippen LogP contribution >= 0.6 is 11.3 Å². The average molecular weight is 316 g/mol. The summed E-state index contributed by atoms with van der Waals surface area (Å²) in [6, 6.07) is 2.54. The molecule has 0 bridgehead atoms. The number of aromatic carboxylic acids is 1. The van der Waals surface area contributed by atoms with Gasteiger partial charge in [0.2, 0.25) is 10.0 Å². The molecule has 0 saturated heterocycles. The molecule has 2 N–H and O–H groups in total. The molecule has 0 unspecified atom stereocenters. The van der Waals surface area contributed by atoms with E-state index in [1.165, 1.54) is 18.5 Å². The molecule has 10 heteroatoms. The van der Waals surface area contributed by atoms with Crippen LogP contribution in [0.15, 0.2) is 22.7 Å². The third-order valence-corrected chi connectivity index (χ3v) is 5.53. The minimum absolute atomic E-state index is 0.0151. The second kappa shape index (κ2) is 5.69. The van der Waals surface area contributed by atoms with Gasteiger partial charge in [0.15, 0.2) is 0 Å². The standard InChI is InChI=1S/C10H12N4O4S2/c1-14-6-11-13-8(14)4-5-12-20(17,18)9-3-2-7(19-9)10(15)16/h2-3,6,12H,4-5H2,1H3,(H,15,16). The molecule has 2 rings (SSSR count). The number of thiophene rings is 1. The number of nitrogens with zero attached hydrogens (tertiary/aromatic N) is 3. The van der Waals surface area contributed by atoms with E-state index in [0.717, 1.165) is 0 Å². The van der Waals surface area contributed by atoms with Gasteiger partial charge in [-0.1, -0.05) is 0 Å². The summed E-state index contributed by atoms with van der Waals surface area (Å²) in [5, 5.41) is 16.3.